The zero-order chi connectivity index (χ0) is 11.2. The Labute approximate surface area is 90.7 Å². The SMILES string of the molecule is CCC(CO)NS(=O)(=O)CC(C)CCl. The highest BCUT2D eigenvalue weighted by atomic mass is 35.5. The number of alkyl halides is 1. The van der Waals surface area contributed by atoms with Gasteiger partial charge in [-0.05, 0) is 12.3 Å². The summed E-state index contributed by atoms with van der Waals surface area (Å²) < 4.78 is 25.3. The molecule has 2 atom stereocenters. The van der Waals surface area contributed by atoms with Gasteiger partial charge in [-0.25, -0.2) is 13.1 Å². The van der Waals surface area contributed by atoms with E-state index in [1.807, 2.05) is 6.92 Å². The van der Waals surface area contributed by atoms with Crippen molar-refractivity contribution in [3.05, 3.63) is 0 Å². The van der Waals surface area contributed by atoms with Crippen molar-refractivity contribution in [2.75, 3.05) is 18.2 Å². The summed E-state index contributed by atoms with van der Waals surface area (Å²) in [5, 5.41) is 8.83. The second-order valence-electron chi connectivity index (χ2n) is 3.45. The van der Waals surface area contributed by atoms with Crippen molar-refractivity contribution in [2.24, 2.45) is 5.92 Å². The van der Waals surface area contributed by atoms with Gasteiger partial charge in [0.05, 0.1) is 12.4 Å². The number of sulfonamides is 1. The van der Waals surface area contributed by atoms with Crippen LogP contribution in [-0.2, 0) is 10.0 Å². The van der Waals surface area contributed by atoms with Crippen molar-refractivity contribution in [1.82, 2.24) is 4.72 Å². The third kappa shape index (κ3) is 5.80. The molecule has 0 amide bonds. The largest absolute Gasteiger partial charge is 0.395 e. The van der Waals surface area contributed by atoms with Crippen LogP contribution in [0.25, 0.3) is 0 Å². The summed E-state index contributed by atoms with van der Waals surface area (Å²) in [6.45, 7) is 3.41. The molecule has 4 nitrogen and oxygen atoms in total. The number of halogens is 1. The predicted molar refractivity (Wildman–Crippen MR) is 58.0 cm³/mol. The number of hydrogen-bond acceptors (Lipinski definition) is 3. The van der Waals surface area contributed by atoms with Gasteiger partial charge >= 0.3 is 0 Å². The molecule has 0 aliphatic carbocycles. The molecule has 0 aromatic heterocycles. The molecule has 0 aromatic rings. The summed E-state index contributed by atoms with van der Waals surface area (Å²) in [6, 6.07) is -0.387. The molecule has 0 radical (unpaired) electrons. The molecule has 0 aromatic carbocycles. The van der Waals surface area contributed by atoms with Crippen LogP contribution in [0.4, 0.5) is 0 Å². The van der Waals surface area contributed by atoms with E-state index < -0.39 is 10.0 Å². The average molecular weight is 244 g/mol. The molecule has 0 aliphatic rings. The predicted octanol–water partition coefficient (Wildman–Crippen LogP) is 0.552. The van der Waals surface area contributed by atoms with E-state index >= 15 is 0 Å². The quantitative estimate of drug-likeness (QED) is 0.642. The molecule has 0 spiro atoms. The molecule has 0 saturated carbocycles. The second kappa shape index (κ2) is 6.61. The Hall–Kier alpha value is 0.160. The summed E-state index contributed by atoms with van der Waals surface area (Å²) in [5.74, 6) is 0.245. The van der Waals surface area contributed by atoms with E-state index in [-0.39, 0.29) is 24.3 Å². The summed E-state index contributed by atoms with van der Waals surface area (Å²) in [4.78, 5) is 0. The molecule has 0 rings (SSSR count). The molecular weight excluding hydrogens is 226 g/mol. The zero-order valence-corrected chi connectivity index (χ0v) is 10.1. The Balaban J connectivity index is 4.19. The fraction of sp³-hybridized carbons (Fsp3) is 1.00. The number of aliphatic hydroxyl groups excluding tert-OH is 1. The normalized spacial score (nSPS) is 16.6. The molecule has 0 bridgehead atoms. The third-order valence-corrected chi connectivity index (χ3v) is 4.05. The minimum absolute atomic E-state index is 0.00694. The summed E-state index contributed by atoms with van der Waals surface area (Å²) in [7, 11) is -3.31. The van der Waals surface area contributed by atoms with Crippen molar-refractivity contribution in [3.8, 4) is 0 Å². The van der Waals surface area contributed by atoms with E-state index in [1.165, 1.54) is 0 Å². The lowest BCUT2D eigenvalue weighted by molar-refractivity contribution is 0.253. The molecule has 86 valence electrons. The maximum atomic E-state index is 11.4. The van der Waals surface area contributed by atoms with Crippen LogP contribution in [0.5, 0.6) is 0 Å². The summed E-state index contributed by atoms with van der Waals surface area (Å²) in [6.07, 6.45) is 0.574. The summed E-state index contributed by atoms with van der Waals surface area (Å²) in [5.41, 5.74) is 0. The topological polar surface area (TPSA) is 66.4 Å². The van der Waals surface area contributed by atoms with Crippen LogP contribution < -0.4 is 4.72 Å². The van der Waals surface area contributed by atoms with Crippen molar-refractivity contribution < 1.29 is 13.5 Å². The van der Waals surface area contributed by atoms with Crippen LogP contribution >= 0.6 is 11.6 Å². The van der Waals surface area contributed by atoms with Gasteiger partial charge in [-0.15, -0.1) is 11.6 Å². The highest BCUT2D eigenvalue weighted by molar-refractivity contribution is 7.89. The Bertz CT molecular complexity index is 239. The van der Waals surface area contributed by atoms with Crippen molar-refractivity contribution >= 4 is 21.6 Å². The number of rotatable bonds is 7. The molecular formula is C8H18ClNO3S. The van der Waals surface area contributed by atoms with Crippen LogP contribution in [-0.4, -0.2) is 37.8 Å². The first-order chi connectivity index (χ1) is 6.45. The maximum Gasteiger partial charge on any atom is 0.212 e. The van der Waals surface area contributed by atoms with Crippen molar-refractivity contribution in [2.45, 2.75) is 26.3 Å². The van der Waals surface area contributed by atoms with E-state index in [1.54, 1.807) is 6.92 Å². The zero-order valence-electron chi connectivity index (χ0n) is 8.53. The van der Waals surface area contributed by atoms with Crippen LogP contribution in [0.2, 0.25) is 0 Å². The van der Waals surface area contributed by atoms with Gasteiger partial charge in [-0.1, -0.05) is 13.8 Å². The third-order valence-electron chi connectivity index (χ3n) is 1.83. The first-order valence-corrected chi connectivity index (χ1v) is 6.80. The molecule has 0 aliphatic heterocycles. The van der Waals surface area contributed by atoms with Gasteiger partial charge in [0.15, 0.2) is 0 Å². The average Bonchev–Trinajstić information content (AvgIpc) is 2.13. The highest BCUT2D eigenvalue weighted by Gasteiger charge is 2.18. The number of aliphatic hydroxyl groups is 1. The van der Waals surface area contributed by atoms with Crippen LogP contribution in [0.1, 0.15) is 20.3 Å². The maximum absolute atomic E-state index is 11.4. The first kappa shape index (κ1) is 14.2. The second-order valence-corrected chi connectivity index (χ2v) is 5.55. The van der Waals surface area contributed by atoms with E-state index in [2.05, 4.69) is 4.72 Å². The molecule has 0 saturated heterocycles. The van der Waals surface area contributed by atoms with Gasteiger partial charge < -0.3 is 5.11 Å². The Morgan fingerprint density at radius 2 is 2.07 bits per heavy atom. The summed E-state index contributed by atoms with van der Waals surface area (Å²) >= 11 is 5.52. The molecule has 2 unspecified atom stereocenters. The monoisotopic (exact) mass is 243 g/mol. The fourth-order valence-electron chi connectivity index (χ4n) is 0.971. The standard InChI is InChI=1S/C8H18ClNO3S/c1-3-8(5-11)10-14(12,13)6-7(2)4-9/h7-8,10-11H,3-6H2,1-2H3. The van der Waals surface area contributed by atoms with Crippen molar-refractivity contribution in [3.63, 3.8) is 0 Å². The molecule has 0 heterocycles. The van der Waals surface area contributed by atoms with E-state index in [4.69, 9.17) is 16.7 Å². The van der Waals surface area contributed by atoms with E-state index in [0.29, 0.717) is 12.3 Å². The minimum Gasteiger partial charge on any atom is -0.395 e. The van der Waals surface area contributed by atoms with Gasteiger partial charge in [0.1, 0.15) is 0 Å². The lowest BCUT2D eigenvalue weighted by atomic mass is 10.3. The van der Waals surface area contributed by atoms with E-state index in [9.17, 15) is 8.42 Å². The highest BCUT2D eigenvalue weighted by Crippen LogP contribution is 2.03. The smallest absolute Gasteiger partial charge is 0.212 e. The van der Waals surface area contributed by atoms with Crippen molar-refractivity contribution in [1.29, 1.82) is 0 Å². The minimum atomic E-state index is -3.31. The van der Waals surface area contributed by atoms with Gasteiger partial charge in [0, 0.05) is 11.9 Å². The van der Waals surface area contributed by atoms with Crippen LogP contribution in [0.15, 0.2) is 0 Å². The lowest BCUT2D eigenvalue weighted by Crippen LogP contribution is -2.39. The lowest BCUT2D eigenvalue weighted by Gasteiger charge is -2.15. The fourth-order valence-corrected chi connectivity index (χ4v) is 2.92. The Morgan fingerprint density at radius 1 is 1.50 bits per heavy atom. The molecule has 6 heteroatoms. The number of nitrogens with one attached hydrogen (secondary N) is 1. The molecule has 0 fully saturated rings. The van der Waals surface area contributed by atoms with Gasteiger partial charge in [0.25, 0.3) is 0 Å². The van der Waals surface area contributed by atoms with Gasteiger partial charge in [0.2, 0.25) is 10.0 Å². The van der Waals surface area contributed by atoms with Gasteiger partial charge in [-0.3, -0.25) is 0 Å². The van der Waals surface area contributed by atoms with Gasteiger partial charge in [-0.2, -0.15) is 0 Å². The van der Waals surface area contributed by atoms with E-state index in [0.717, 1.165) is 0 Å². The van der Waals surface area contributed by atoms with Crippen LogP contribution in [0, 0.1) is 5.92 Å². The van der Waals surface area contributed by atoms with Crippen LogP contribution in [0.3, 0.4) is 0 Å². The Kier molecular flexibility index (Phi) is 6.68. The first-order valence-electron chi connectivity index (χ1n) is 4.62. The molecule has 14 heavy (non-hydrogen) atoms. The molecule has 2 N–H and O–H groups in total. The number of hydrogen-bond donors (Lipinski definition) is 2. The Morgan fingerprint density at radius 3 is 2.43 bits per heavy atom.